The Labute approximate surface area is 131 Å². The SMILES string of the molecule is Cc1cccc(-n2c(CCCl)nc3ccccc32)c1Br. The Morgan fingerprint density at radius 2 is 1.95 bits per heavy atom. The molecule has 0 amide bonds. The molecule has 0 unspecified atom stereocenters. The summed E-state index contributed by atoms with van der Waals surface area (Å²) < 4.78 is 3.29. The van der Waals surface area contributed by atoms with Crippen molar-refractivity contribution < 1.29 is 0 Å². The van der Waals surface area contributed by atoms with Gasteiger partial charge in [0.25, 0.3) is 0 Å². The first-order valence-electron chi connectivity index (χ1n) is 6.50. The highest BCUT2D eigenvalue weighted by Crippen LogP contribution is 2.29. The van der Waals surface area contributed by atoms with Crippen LogP contribution in [0, 0.1) is 6.92 Å². The average molecular weight is 350 g/mol. The third kappa shape index (κ3) is 2.25. The number of alkyl halides is 1. The minimum Gasteiger partial charge on any atom is -0.295 e. The fourth-order valence-electron chi connectivity index (χ4n) is 2.40. The second-order valence-corrected chi connectivity index (χ2v) is 5.87. The number of aromatic nitrogens is 2. The predicted molar refractivity (Wildman–Crippen MR) is 87.9 cm³/mol. The van der Waals surface area contributed by atoms with Crippen molar-refractivity contribution in [2.75, 3.05) is 5.88 Å². The minimum absolute atomic E-state index is 0.562. The van der Waals surface area contributed by atoms with Crippen LogP contribution in [-0.4, -0.2) is 15.4 Å². The summed E-state index contributed by atoms with van der Waals surface area (Å²) in [6.45, 7) is 2.09. The van der Waals surface area contributed by atoms with E-state index in [2.05, 4.69) is 51.7 Å². The molecule has 0 fully saturated rings. The molecule has 3 aromatic rings. The predicted octanol–water partition coefficient (Wildman–Crippen LogP) is 4.88. The Balaban J connectivity index is 2.33. The molecule has 0 bridgehead atoms. The van der Waals surface area contributed by atoms with Gasteiger partial charge in [0.1, 0.15) is 5.82 Å². The van der Waals surface area contributed by atoms with Crippen LogP contribution in [0.2, 0.25) is 0 Å². The average Bonchev–Trinajstić information content (AvgIpc) is 2.80. The van der Waals surface area contributed by atoms with Gasteiger partial charge in [-0.2, -0.15) is 0 Å². The molecule has 0 aliphatic carbocycles. The van der Waals surface area contributed by atoms with Crippen LogP contribution < -0.4 is 0 Å². The topological polar surface area (TPSA) is 17.8 Å². The van der Waals surface area contributed by atoms with Gasteiger partial charge in [0.2, 0.25) is 0 Å². The number of para-hydroxylation sites is 2. The number of rotatable bonds is 3. The Bertz CT molecular complexity index is 764. The third-order valence-electron chi connectivity index (χ3n) is 3.36. The van der Waals surface area contributed by atoms with E-state index < -0.39 is 0 Å². The number of imidazole rings is 1. The number of hydrogen-bond acceptors (Lipinski definition) is 1. The van der Waals surface area contributed by atoms with E-state index in [1.807, 2.05) is 18.2 Å². The first kappa shape index (κ1) is 13.7. The largest absolute Gasteiger partial charge is 0.295 e. The summed E-state index contributed by atoms with van der Waals surface area (Å²) in [6.07, 6.45) is 0.747. The van der Waals surface area contributed by atoms with Crippen molar-refractivity contribution in [2.24, 2.45) is 0 Å². The van der Waals surface area contributed by atoms with Crippen molar-refractivity contribution in [3.05, 3.63) is 58.3 Å². The molecule has 0 saturated heterocycles. The lowest BCUT2D eigenvalue weighted by atomic mass is 10.2. The summed E-state index contributed by atoms with van der Waals surface area (Å²) >= 11 is 9.62. The third-order valence-corrected chi connectivity index (χ3v) is 4.58. The van der Waals surface area contributed by atoms with Crippen molar-refractivity contribution in [1.29, 1.82) is 0 Å². The van der Waals surface area contributed by atoms with Crippen LogP contribution >= 0.6 is 27.5 Å². The zero-order valence-corrected chi connectivity index (χ0v) is 13.4. The smallest absolute Gasteiger partial charge is 0.115 e. The summed E-state index contributed by atoms with van der Waals surface area (Å²) in [4.78, 5) is 4.71. The van der Waals surface area contributed by atoms with Crippen molar-refractivity contribution in [1.82, 2.24) is 9.55 Å². The maximum Gasteiger partial charge on any atom is 0.115 e. The van der Waals surface area contributed by atoms with E-state index in [0.717, 1.165) is 33.4 Å². The Kier molecular flexibility index (Phi) is 3.81. The van der Waals surface area contributed by atoms with E-state index in [1.54, 1.807) is 0 Å². The molecule has 0 aliphatic rings. The van der Waals surface area contributed by atoms with Crippen LogP contribution in [0.15, 0.2) is 46.9 Å². The number of hydrogen-bond donors (Lipinski definition) is 0. The van der Waals surface area contributed by atoms with E-state index in [9.17, 15) is 0 Å². The van der Waals surface area contributed by atoms with Gasteiger partial charge >= 0.3 is 0 Å². The van der Waals surface area contributed by atoms with E-state index in [1.165, 1.54) is 5.56 Å². The van der Waals surface area contributed by atoms with Crippen molar-refractivity contribution in [3.8, 4) is 5.69 Å². The number of fused-ring (bicyclic) bond motifs is 1. The van der Waals surface area contributed by atoms with Crippen LogP contribution in [0.5, 0.6) is 0 Å². The van der Waals surface area contributed by atoms with Gasteiger partial charge in [0.05, 0.1) is 16.7 Å². The zero-order valence-electron chi connectivity index (χ0n) is 11.1. The van der Waals surface area contributed by atoms with Crippen molar-refractivity contribution in [3.63, 3.8) is 0 Å². The molecule has 0 saturated carbocycles. The summed E-state index contributed by atoms with van der Waals surface area (Å²) in [5, 5.41) is 0. The van der Waals surface area contributed by atoms with Gasteiger partial charge in [-0.25, -0.2) is 4.98 Å². The molecule has 102 valence electrons. The van der Waals surface area contributed by atoms with Gasteiger partial charge in [-0.05, 0) is 46.6 Å². The second-order valence-electron chi connectivity index (χ2n) is 4.70. The highest BCUT2D eigenvalue weighted by Gasteiger charge is 2.14. The van der Waals surface area contributed by atoms with Gasteiger partial charge in [-0.15, -0.1) is 11.6 Å². The maximum atomic E-state index is 5.93. The van der Waals surface area contributed by atoms with Gasteiger partial charge in [-0.3, -0.25) is 4.57 Å². The Morgan fingerprint density at radius 1 is 1.15 bits per heavy atom. The van der Waals surface area contributed by atoms with Crippen molar-refractivity contribution in [2.45, 2.75) is 13.3 Å². The van der Waals surface area contributed by atoms with Gasteiger partial charge in [0.15, 0.2) is 0 Å². The zero-order chi connectivity index (χ0) is 14.1. The minimum atomic E-state index is 0.562. The molecular formula is C16H14BrClN2. The maximum absolute atomic E-state index is 5.93. The van der Waals surface area contributed by atoms with E-state index in [-0.39, 0.29) is 0 Å². The Hall–Kier alpha value is -1.32. The van der Waals surface area contributed by atoms with E-state index in [0.29, 0.717) is 5.88 Å². The molecule has 20 heavy (non-hydrogen) atoms. The number of halogens is 2. The van der Waals surface area contributed by atoms with Crippen LogP contribution in [0.25, 0.3) is 16.7 Å². The summed E-state index contributed by atoms with van der Waals surface area (Å²) in [5.41, 5.74) is 4.43. The number of benzene rings is 2. The first-order valence-corrected chi connectivity index (χ1v) is 7.83. The summed E-state index contributed by atoms with van der Waals surface area (Å²) in [5.74, 6) is 1.56. The van der Waals surface area contributed by atoms with E-state index in [4.69, 9.17) is 16.6 Å². The van der Waals surface area contributed by atoms with Crippen LogP contribution in [0.3, 0.4) is 0 Å². The van der Waals surface area contributed by atoms with Crippen LogP contribution in [0.4, 0.5) is 0 Å². The highest BCUT2D eigenvalue weighted by atomic mass is 79.9. The molecule has 3 rings (SSSR count). The molecule has 1 heterocycles. The number of aryl methyl sites for hydroxylation is 2. The molecule has 0 N–H and O–H groups in total. The molecule has 0 radical (unpaired) electrons. The van der Waals surface area contributed by atoms with E-state index >= 15 is 0 Å². The van der Waals surface area contributed by atoms with Crippen molar-refractivity contribution >= 4 is 38.6 Å². The lowest BCUT2D eigenvalue weighted by molar-refractivity contribution is 0.908. The summed E-state index contributed by atoms with van der Waals surface area (Å²) in [7, 11) is 0. The molecule has 4 heteroatoms. The Morgan fingerprint density at radius 3 is 2.75 bits per heavy atom. The molecule has 0 spiro atoms. The molecule has 1 aromatic heterocycles. The molecule has 2 aromatic carbocycles. The second kappa shape index (κ2) is 5.58. The van der Waals surface area contributed by atoms with Crippen LogP contribution in [0.1, 0.15) is 11.4 Å². The highest BCUT2D eigenvalue weighted by molar-refractivity contribution is 9.10. The monoisotopic (exact) mass is 348 g/mol. The quantitative estimate of drug-likeness (QED) is 0.616. The fraction of sp³-hybridized carbons (Fsp3) is 0.188. The first-order chi connectivity index (χ1) is 9.72. The van der Waals surface area contributed by atoms with Gasteiger partial charge in [0, 0.05) is 16.8 Å². The van der Waals surface area contributed by atoms with Gasteiger partial charge in [-0.1, -0.05) is 24.3 Å². The molecular weight excluding hydrogens is 336 g/mol. The molecule has 0 atom stereocenters. The summed E-state index contributed by atoms with van der Waals surface area (Å²) in [6, 6.07) is 14.4. The van der Waals surface area contributed by atoms with Crippen LogP contribution in [-0.2, 0) is 6.42 Å². The lowest BCUT2D eigenvalue weighted by Gasteiger charge is -2.12. The van der Waals surface area contributed by atoms with Gasteiger partial charge < -0.3 is 0 Å². The number of nitrogens with zero attached hydrogens (tertiary/aromatic N) is 2. The fourth-order valence-corrected chi connectivity index (χ4v) is 3.01. The lowest BCUT2D eigenvalue weighted by Crippen LogP contribution is -2.03. The molecule has 0 aliphatic heterocycles. The normalized spacial score (nSPS) is 11.2. The molecule has 2 nitrogen and oxygen atoms in total. The standard InChI is InChI=1S/C16H14BrClN2/c1-11-5-4-8-14(16(11)17)20-13-7-3-2-6-12(13)19-15(20)9-10-18/h2-8H,9-10H2,1H3.